The summed E-state index contributed by atoms with van der Waals surface area (Å²) in [5.41, 5.74) is 1.20. The molecule has 1 aromatic rings. The van der Waals surface area contributed by atoms with Gasteiger partial charge in [0.15, 0.2) is 0 Å². The topological polar surface area (TPSA) is 55.8 Å². The summed E-state index contributed by atoms with van der Waals surface area (Å²) in [6, 6.07) is 10.0. The second-order valence-electron chi connectivity index (χ2n) is 4.25. The van der Waals surface area contributed by atoms with Crippen molar-refractivity contribution in [1.82, 2.24) is 4.90 Å². The van der Waals surface area contributed by atoms with E-state index in [4.69, 9.17) is 4.74 Å². The zero-order valence-electron chi connectivity index (χ0n) is 12.6. The van der Waals surface area contributed by atoms with Crippen molar-refractivity contribution in [2.24, 2.45) is 0 Å². The van der Waals surface area contributed by atoms with Gasteiger partial charge in [0.05, 0.1) is 7.11 Å². The number of rotatable bonds is 7. The van der Waals surface area contributed by atoms with Crippen LogP contribution in [0.15, 0.2) is 42.5 Å². The predicted molar refractivity (Wildman–Crippen MR) is 89.4 cm³/mol. The molecule has 0 heterocycles. The largest absolute Gasteiger partial charge is 0.466 e. The Hall–Kier alpha value is -1.56. The van der Waals surface area contributed by atoms with Crippen molar-refractivity contribution in [2.75, 3.05) is 27.3 Å². The van der Waals surface area contributed by atoms with Gasteiger partial charge in [-0.1, -0.05) is 30.3 Å². The number of nitrogens with zero attached hydrogens (tertiary/aromatic N) is 1. The molecular weight excluding hydrogens is 329 g/mol. The molecule has 0 amide bonds. The quantitative estimate of drug-likeness (QED) is 0.558. The number of methoxy groups -OCH3 is 1. The maximum Gasteiger partial charge on any atom is 0.331 e. The van der Waals surface area contributed by atoms with Crippen LogP contribution in [0, 0.1) is 0 Å². The smallest absolute Gasteiger partial charge is 0.331 e. The summed E-state index contributed by atoms with van der Waals surface area (Å²) in [5, 5.41) is 0. The molecule has 0 unspecified atom stereocenters. The van der Waals surface area contributed by atoms with Gasteiger partial charge < -0.3 is 9.47 Å². The SMILES string of the molecule is COC(=O)/C=C/C(=O)OCCN(C)Cc1ccccc1.Cl.Cl. The van der Waals surface area contributed by atoms with E-state index < -0.39 is 11.9 Å². The molecule has 0 atom stereocenters. The summed E-state index contributed by atoms with van der Waals surface area (Å²) < 4.78 is 9.34. The molecule has 0 fully saturated rings. The fraction of sp³-hybridized carbons (Fsp3) is 0.333. The highest BCUT2D eigenvalue weighted by atomic mass is 35.5. The molecule has 0 aromatic heterocycles. The zero-order chi connectivity index (χ0) is 14.8. The second-order valence-corrected chi connectivity index (χ2v) is 4.25. The van der Waals surface area contributed by atoms with Crippen LogP contribution in [0.2, 0.25) is 0 Å². The number of carbonyl (C=O) groups is 2. The Morgan fingerprint density at radius 2 is 1.68 bits per heavy atom. The van der Waals surface area contributed by atoms with Gasteiger partial charge in [0, 0.05) is 25.2 Å². The summed E-state index contributed by atoms with van der Waals surface area (Å²) in [5.74, 6) is -1.13. The number of carbonyl (C=O) groups excluding carboxylic acids is 2. The molecule has 0 aliphatic carbocycles. The lowest BCUT2D eigenvalue weighted by Gasteiger charge is -2.16. The predicted octanol–water partition coefficient (Wildman–Crippen LogP) is 2.23. The van der Waals surface area contributed by atoms with E-state index in [0.29, 0.717) is 6.54 Å². The molecule has 0 radical (unpaired) electrons. The van der Waals surface area contributed by atoms with Gasteiger partial charge in [-0.2, -0.15) is 0 Å². The van der Waals surface area contributed by atoms with E-state index in [-0.39, 0.29) is 31.4 Å². The van der Waals surface area contributed by atoms with Crippen LogP contribution in [0.4, 0.5) is 0 Å². The molecular formula is C15H21Cl2NO4. The van der Waals surface area contributed by atoms with Crippen molar-refractivity contribution >= 4 is 36.8 Å². The Morgan fingerprint density at radius 3 is 2.27 bits per heavy atom. The number of halogens is 2. The molecule has 0 saturated carbocycles. The third kappa shape index (κ3) is 10.2. The monoisotopic (exact) mass is 349 g/mol. The summed E-state index contributed by atoms with van der Waals surface area (Å²) in [6.45, 7) is 1.68. The minimum absolute atomic E-state index is 0. The molecule has 0 saturated heterocycles. The lowest BCUT2D eigenvalue weighted by atomic mass is 10.2. The first kappa shape index (κ1) is 22.7. The molecule has 1 rings (SSSR count). The first-order valence-corrected chi connectivity index (χ1v) is 6.27. The molecule has 0 N–H and O–H groups in total. The van der Waals surface area contributed by atoms with Crippen LogP contribution >= 0.6 is 24.8 Å². The third-order valence-electron chi connectivity index (χ3n) is 2.57. The highest BCUT2D eigenvalue weighted by molar-refractivity contribution is 5.91. The Labute approximate surface area is 143 Å². The van der Waals surface area contributed by atoms with Crippen LogP contribution < -0.4 is 0 Å². The standard InChI is InChI=1S/C15H19NO4.2ClH/c1-16(12-13-6-4-3-5-7-13)10-11-20-15(18)9-8-14(17)19-2;;/h3-9H,10-12H2,1-2H3;2*1H/b9-8+;;. The molecule has 5 nitrogen and oxygen atoms in total. The number of esters is 2. The van der Waals surface area contributed by atoms with Crippen LogP contribution in [-0.2, 0) is 25.6 Å². The van der Waals surface area contributed by atoms with Gasteiger partial charge in [-0.05, 0) is 12.6 Å². The fourth-order valence-corrected chi connectivity index (χ4v) is 1.53. The van der Waals surface area contributed by atoms with Crippen LogP contribution in [0.3, 0.4) is 0 Å². The first-order chi connectivity index (χ1) is 9.61. The van der Waals surface area contributed by atoms with Crippen LogP contribution in [0.25, 0.3) is 0 Å². The molecule has 0 aliphatic heterocycles. The number of benzene rings is 1. The minimum atomic E-state index is -0.580. The van der Waals surface area contributed by atoms with Gasteiger partial charge in [0.1, 0.15) is 6.61 Å². The van der Waals surface area contributed by atoms with Crippen molar-refractivity contribution in [3.8, 4) is 0 Å². The fourth-order valence-electron chi connectivity index (χ4n) is 1.53. The van der Waals surface area contributed by atoms with Gasteiger partial charge in [-0.3, -0.25) is 4.90 Å². The molecule has 124 valence electrons. The zero-order valence-corrected chi connectivity index (χ0v) is 14.2. The highest BCUT2D eigenvalue weighted by Gasteiger charge is 2.03. The average molecular weight is 350 g/mol. The van der Waals surface area contributed by atoms with Gasteiger partial charge in [-0.25, -0.2) is 9.59 Å². The Morgan fingerprint density at radius 1 is 1.09 bits per heavy atom. The highest BCUT2D eigenvalue weighted by Crippen LogP contribution is 2.02. The second kappa shape index (κ2) is 13.1. The maximum atomic E-state index is 11.3. The van der Waals surface area contributed by atoms with E-state index in [1.807, 2.05) is 42.3 Å². The first-order valence-electron chi connectivity index (χ1n) is 6.27. The van der Waals surface area contributed by atoms with E-state index in [1.54, 1.807) is 0 Å². The van der Waals surface area contributed by atoms with Crippen LogP contribution in [0.1, 0.15) is 5.56 Å². The molecule has 0 spiro atoms. The van der Waals surface area contributed by atoms with Crippen molar-refractivity contribution in [1.29, 1.82) is 0 Å². The Balaban J connectivity index is 0. The molecule has 0 bridgehead atoms. The Kier molecular flexibility index (Phi) is 13.6. The van der Waals surface area contributed by atoms with E-state index in [0.717, 1.165) is 18.7 Å². The normalized spacial score (nSPS) is 9.77. The van der Waals surface area contributed by atoms with Crippen LogP contribution in [0.5, 0.6) is 0 Å². The van der Waals surface area contributed by atoms with E-state index in [2.05, 4.69) is 4.74 Å². The minimum Gasteiger partial charge on any atom is -0.466 e. The Bertz CT molecular complexity index is 466. The third-order valence-corrected chi connectivity index (χ3v) is 2.57. The van der Waals surface area contributed by atoms with Crippen molar-refractivity contribution in [3.05, 3.63) is 48.0 Å². The molecule has 1 aromatic carbocycles. The molecule has 0 aliphatic rings. The van der Waals surface area contributed by atoms with Gasteiger partial charge in [-0.15, -0.1) is 24.8 Å². The summed E-state index contributed by atoms with van der Waals surface area (Å²) in [7, 11) is 3.20. The van der Waals surface area contributed by atoms with E-state index in [9.17, 15) is 9.59 Å². The van der Waals surface area contributed by atoms with Crippen molar-refractivity contribution in [3.63, 3.8) is 0 Å². The van der Waals surface area contributed by atoms with Crippen LogP contribution in [-0.4, -0.2) is 44.1 Å². The number of likely N-dealkylation sites (N-methyl/N-ethyl adjacent to an activating group) is 1. The number of ether oxygens (including phenoxy) is 2. The van der Waals surface area contributed by atoms with Crippen molar-refractivity contribution in [2.45, 2.75) is 6.54 Å². The summed E-state index contributed by atoms with van der Waals surface area (Å²) >= 11 is 0. The molecule has 7 heteroatoms. The van der Waals surface area contributed by atoms with E-state index in [1.165, 1.54) is 12.7 Å². The number of hydrogen-bond donors (Lipinski definition) is 0. The van der Waals surface area contributed by atoms with Gasteiger partial charge in [0.25, 0.3) is 0 Å². The van der Waals surface area contributed by atoms with Crippen molar-refractivity contribution < 1.29 is 19.1 Å². The van der Waals surface area contributed by atoms with Gasteiger partial charge in [0.2, 0.25) is 0 Å². The lowest BCUT2D eigenvalue weighted by Crippen LogP contribution is -2.23. The summed E-state index contributed by atoms with van der Waals surface area (Å²) in [4.78, 5) is 24.1. The average Bonchev–Trinajstić information content (AvgIpc) is 2.45. The van der Waals surface area contributed by atoms with Gasteiger partial charge >= 0.3 is 11.9 Å². The maximum absolute atomic E-state index is 11.3. The lowest BCUT2D eigenvalue weighted by molar-refractivity contribution is -0.139. The molecule has 22 heavy (non-hydrogen) atoms. The van der Waals surface area contributed by atoms with E-state index >= 15 is 0 Å². The number of hydrogen-bond acceptors (Lipinski definition) is 5. The summed E-state index contributed by atoms with van der Waals surface area (Å²) in [6.07, 6.45) is 2.10.